The van der Waals surface area contributed by atoms with Crippen molar-refractivity contribution in [1.82, 2.24) is 10.5 Å². The number of urea groups is 1. The van der Waals surface area contributed by atoms with Gasteiger partial charge in [-0.25, -0.2) is 9.59 Å². The van der Waals surface area contributed by atoms with Crippen molar-refractivity contribution < 1.29 is 18.8 Å². The largest absolute Gasteiger partial charge is 0.462 e. The van der Waals surface area contributed by atoms with Gasteiger partial charge in [0.05, 0.1) is 6.61 Å². The maximum Gasteiger partial charge on any atom is 0.345 e. The van der Waals surface area contributed by atoms with Gasteiger partial charge in [0.1, 0.15) is 11.3 Å². The Morgan fingerprint density at radius 3 is 2.45 bits per heavy atom. The summed E-state index contributed by atoms with van der Waals surface area (Å²) in [5.41, 5.74) is 0.217. The van der Waals surface area contributed by atoms with Gasteiger partial charge in [-0.2, -0.15) is 0 Å². The van der Waals surface area contributed by atoms with Gasteiger partial charge in [0.2, 0.25) is 5.88 Å². The SMILES string of the molecule is CCOC(=O)c1c(CC)noc1NC(=O)NC(C)(C)C. The molecule has 0 aliphatic rings. The van der Waals surface area contributed by atoms with Gasteiger partial charge in [-0.05, 0) is 34.1 Å². The first-order chi connectivity index (χ1) is 9.28. The van der Waals surface area contributed by atoms with E-state index in [4.69, 9.17) is 9.26 Å². The molecule has 0 aliphatic heterocycles. The van der Waals surface area contributed by atoms with E-state index in [0.717, 1.165) is 0 Å². The molecule has 0 bridgehead atoms. The lowest BCUT2D eigenvalue weighted by molar-refractivity contribution is 0.0526. The third-order valence-electron chi connectivity index (χ3n) is 2.29. The number of esters is 1. The zero-order valence-electron chi connectivity index (χ0n) is 12.5. The summed E-state index contributed by atoms with van der Waals surface area (Å²) in [7, 11) is 0. The van der Waals surface area contributed by atoms with E-state index in [2.05, 4.69) is 15.8 Å². The first-order valence-corrected chi connectivity index (χ1v) is 6.53. The molecule has 7 nitrogen and oxygen atoms in total. The van der Waals surface area contributed by atoms with Crippen LogP contribution in [0.4, 0.5) is 10.7 Å². The van der Waals surface area contributed by atoms with Crippen molar-refractivity contribution in [2.45, 2.75) is 46.6 Å². The number of carbonyl (C=O) groups is 2. The summed E-state index contributed by atoms with van der Waals surface area (Å²) in [6.07, 6.45) is 0.500. The normalized spacial score (nSPS) is 11.1. The van der Waals surface area contributed by atoms with Crippen LogP contribution in [0.2, 0.25) is 0 Å². The molecule has 2 N–H and O–H groups in total. The van der Waals surface area contributed by atoms with Crippen LogP contribution in [0.25, 0.3) is 0 Å². The summed E-state index contributed by atoms with van der Waals surface area (Å²) >= 11 is 0. The second-order valence-electron chi connectivity index (χ2n) is 5.24. The Labute approximate surface area is 118 Å². The quantitative estimate of drug-likeness (QED) is 0.827. The van der Waals surface area contributed by atoms with Crippen LogP contribution in [-0.4, -0.2) is 29.3 Å². The minimum absolute atomic E-state index is 0.00190. The lowest BCUT2D eigenvalue weighted by Gasteiger charge is -2.20. The van der Waals surface area contributed by atoms with Gasteiger partial charge < -0.3 is 14.6 Å². The van der Waals surface area contributed by atoms with E-state index in [1.54, 1.807) is 6.92 Å². The minimum atomic E-state index is -0.559. The van der Waals surface area contributed by atoms with Gasteiger partial charge in [-0.1, -0.05) is 12.1 Å². The van der Waals surface area contributed by atoms with Gasteiger partial charge in [-0.15, -0.1) is 0 Å². The summed E-state index contributed by atoms with van der Waals surface area (Å²) in [5, 5.41) is 8.95. The molecular weight excluding hydrogens is 262 g/mol. The predicted molar refractivity (Wildman–Crippen MR) is 73.7 cm³/mol. The number of carbonyl (C=O) groups excluding carboxylic acids is 2. The standard InChI is InChI=1S/C13H21N3O4/c1-6-8-9(11(17)19-7-2)10(20-16-8)14-12(18)15-13(3,4)5/h6-7H2,1-5H3,(H2,14,15,18). The lowest BCUT2D eigenvalue weighted by atomic mass is 10.1. The molecule has 0 aromatic carbocycles. The van der Waals surface area contributed by atoms with Crippen molar-refractivity contribution in [1.29, 1.82) is 0 Å². The summed E-state index contributed by atoms with van der Waals surface area (Å²) in [4.78, 5) is 23.7. The van der Waals surface area contributed by atoms with Crippen LogP contribution in [0.15, 0.2) is 4.52 Å². The van der Waals surface area contributed by atoms with Crippen LogP contribution in [0.1, 0.15) is 50.7 Å². The number of nitrogens with zero attached hydrogens (tertiary/aromatic N) is 1. The molecule has 0 aliphatic carbocycles. The van der Waals surface area contributed by atoms with Crippen molar-refractivity contribution >= 4 is 17.9 Å². The number of nitrogens with one attached hydrogen (secondary N) is 2. The highest BCUT2D eigenvalue weighted by Crippen LogP contribution is 2.21. The first kappa shape index (κ1) is 16.0. The average Bonchev–Trinajstić information content (AvgIpc) is 2.69. The van der Waals surface area contributed by atoms with E-state index in [-0.39, 0.29) is 18.1 Å². The van der Waals surface area contributed by atoms with E-state index < -0.39 is 17.5 Å². The lowest BCUT2D eigenvalue weighted by Crippen LogP contribution is -2.43. The van der Waals surface area contributed by atoms with Gasteiger partial charge in [0.15, 0.2) is 0 Å². The highest BCUT2D eigenvalue weighted by Gasteiger charge is 2.25. The molecule has 0 radical (unpaired) electrons. The Kier molecular flexibility index (Phi) is 5.12. The fraction of sp³-hybridized carbons (Fsp3) is 0.615. The molecule has 1 aromatic rings. The van der Waals surface area contributed by atoms with E-state index in [1.807, 2.05) is 27.7 Å². The fourth-order valence-electron chi connectivity index (χ4n) is 1.54. The number of hydrogen-bond acceptors (Lipinski definition) is 5. The van der Waals surface area contributed by atoms with Crippen molar-refractivity contribution in [2.24, 2.45) is 0 Å². The molecular formula is C13H21N3O4. The third-order valence-corrected chi connectivity index (χ3v) is 2.29. The van der Waals surface area contributed by atoms with Crippen LogP contribution in [-0.2, 0) is 11.2 Å². The van der Waals surface area contributed by atoms with Crippen molar-refractivity contribution in [2.75, 3.05) is 11.9 Å². The van der Waals surface area contributed by atoms with E-state index in [9.17, 15) is 9.59 Å². The molecule has 7 heteroatoms. The molecule has 0 spiro atoms. The number of hydrogen-bond donors (Lipinski definition) is 2. The second-order valence-corrected chi connectivity index (χ2v) is 5.24. The maximum absolute atomic E-state index is 11.9. The number of amides is 2. The van der Waals surface area contributed by atoms with Crippen molar-refractivity contribution in [3.8, 4) is 0 Å². The molecule has 2 amide bonds. The summed E-state index contributed by atoms with van der Waals surface area (Å²) in [5.74, 6) is -0.557. The van der Waals surface area contributed by atoms with Gasteiger partial charge >= 0.3 is 12.0 Å². The van der Waals surface area contributed by atoms with Crippen LogP contribution in [0.3, 0.4) is 0 Å². The van der Waals surface area contributed by atoms with Crippen LogP contribution in [0, 0.1) is 0 Å². The molecule has 1 heterocycles. The number of aromatic nitrogens is 1. The molecule has 1 rings (SSSR count). The molecule has 0 saturated heterocycles. The number of aryl methyl sites for hydroxylation is 1. The molecule has 0 fully saturated rings. The van der Waals surface area contributed by atoms with Gasteiger partial charge in [0.25, 0.3) is 0 Å². The molecule has 0 unspecified atom stereocenters. The van der Waals surface area contributed by atoms with Gasteiger partial charge in [-0.3, -0.25) is 5.32 Å². The fourth-order valence-corrected chi connectivity index (χ4v) is 1.54. The second kappa shape index (κ2) is 6.40. The van der Waals surface area contributed by atoms with E-state index in [1.165, 1.54) is 0 Å². The minimum Gasteiger partial charge on any atom is -0.462 e. The predicted octanol–water partition coefficient (Wildman–Crippen LogP) is 2.33. The maximum atomic E-state index is 11.9. The van der Waals surface area contributed by atoms with E-state index >= 15 is 0 Å². The van der Waals surface area contributed by atoms with Crippen molar-refractivity contribution in [3.63, 3.8) is 0 Å². The van der Waals surface area contributed by atoms with Crippen LogP contribution < -0.4 is 10.6 Å². The Balaban J connectivity index is 2.93. The number of rotatable bonds is 4. The monoisotopic (exact) mass is 283 g/mol. The highest BCUT2D eigenvalue weighted by molar-refractivity contribution is 6.00. The Morgan fingerprint density at radius 1 is 1.30 bits per heavy atom. The molecule has 112 valence electrons. The molecule has 20 heavy (non-hydrogen) atoms. The van der Waals surface area contributed by atoms with Crippen LogP contribution >= 0.6 is 0 Å². The first-order valence-electron chi connectivity index (χ1n) is 6.53. The summed E-state index contributed by atoms with van der Waals surface area (Å²) in [6, 6.07) is -0.471. The Bertz CT molecular complexity index is 488. The summed E-state index contributed by atoms with van der Waals surface area (Å²) in [6.45, 7) is 9.31. The smallest absolute Gasteiger partial charge is 0.345 e. The zero-order valence-corrected chi connectivity index (χ0v) is 12.5. The average molecular weight is 283 g/mol. The summed E-state index contributed by atoms with van der Waals surface area (Å²) < 4.78 is 9.96. The topological polar surface area (TPSA) is 93.5 Å². The Morgan fingerprint density at radius 2 is 1.95 bits per heavy atom. The number of ether oxygens (including phenoxy) is 1. The molecule has 1 aromatic heterocycles. The molecule has 0 saturated carbocycles. The highest BCUT2D eigenvalue weighted by atomic mass is 16.5. The zero-order chi connectivity index (χ0) is 15.3. The van der Waals surface area contributed by atoms with Gasteiger partial charge in [0, 0.05) is 5.54 Å². The third kappa shape index (κ3) is 4.25. The van der Waals surface area contributed by atoms with E-state index in [0.29, 0.717) is 12.1 Å². The van der Waals surface area contributed by atoms with Crippen LogP contribution in [0.5, 0.6) is 0 Å². The van der Waals surface area contributed by atoms with Crippen molar-refractivity contribution in [3.05, 3.63) is 11.3 Å². The number of anilines is 1. The Hall–Kier alpha value is -2.05. The molecule has 0 atom stereocenters.